The van der Waals surface area contributed by atoms with Gasteiger partial charge in [-0.05, 0) is 19.2 Å². The standard InChI is InChI=1S/C16H19ClN2O2/c1-19(10-14-11-20-7-8-21-14)9-13-6-5-12-3-2-4-15(17)16(12)18-13/h2-6,14H,7-11H2,1H3/t14-/m1/s1. The molecule has 2 aromatic rings. The van der Waals surface area contributed by atoms with Gasteiger partial charge in [0.2, 0.25) is 0 Å². The minimum Gasteiger partial charge on any atom is -0.376 e. The molecule has 0 unspecified atom stereocenters. The summed E-state index contributed by atoms with van der Waals surface area (Å²) >= 11 is 6.21. The van der Waals surface area contributed by atoms with Gasteiger partial charge in [-0.1, -0.05) is 29.8 Å². The predicted molar refractivity (Wildman–Crippen MR) is 83.6 cm³/mol. The van der Waals surface area contributed by atoms with E-state index in [0.717, 1.165) is 29.7 Å². The molecule has 0 aliphatic carbocycles. The summed E-state index contributed by atoms with van der Waals surface area (Å²) in [6.07, 6.45) is 0.146. The van der Waals surface area contributed by atoms with Crippen LogP contribution in [0.15, 0.2) is 30.3 Å². The molecular weight excluding hydrogens is 288 g/mol. The van der Waals surface area contributed by atoms with Gasteiger partial charge in [0.25, 0.3) is 0 Å². The Bertz CT molecular complexity index is 614. The number of pyridine rings is 1. The van der Waals surface area contributed by atoms with E-state index >= 15 is 0 Å². The molecule has 0 spiro atoms. The van der Waals surface area contributed by atoms with Crippen molar-refractivity contribution in [2.24, 2.45) is 0 Å². The van der Waals surface area contributed by atoms with Crippen LogP contribution >= 0.6 is 11.6 Å². The zero-order valence-electron chi connectivity index (χ0n) is 12.1. The van der Waals surface area contributed by atoms with Crippen LogP contribution in [0.5, 0.6) is 0 Å². The third kappa shape index (κ3) is 3.71. The molecule has 1 aromatic carbocycles. The molecule has 0 bridgehead atoms. The van der Waals surface area contributed by atoms with Crippen LogP contribution in [0.2, 0.25) is 5.02 Å². The van der Waals surface area contributed by atoms with E-state index in [-0.39, 0.29) is 6.10 Å². The number of rotatable bonds is 4. The van der Waals surface area contributed by atoms with E-state index < -0.39 is 0 Å². The summed E-state index contributed by atoms with van der Waals surface area (Å²) in [6.45, 7) is 3.65. The number of hydrogen-bond donors (Lipinski definition) is 0. The van der Waals surface area contributed by atoms with Crippen LogP contribution < -0.4 is 0 Å². The Labute approximate surface area is 129 Å². The molecule has 2 heterocycles. The lowest BCUT2D eigenvalue weighted by atomic mass is 10.2. The maximum Gasteiger partial charge on any atom is 0.0936 e. The fourth-order valence-electron chi connectivity index (χ4n) is 2.57. The summed E-state index contributed by atoms with van der Waals surface area (Å²) in [5.41, 5.74) is 1.87. The Hall–Kier alpha value is -1.20. The highest BCUT2D eigenvalue weighted by Crippen LogP contribution is 2.21. The van der Waals surface area contributed by atoms with Crippen LogP contribution in [-0.2, 0) is 16.0 Å². The fraction of sp³-hybridized carbons (Fsp3) is 0.438. The quantitative estimate of drug-likeness (QED) is 0.870. The fourth-order valence-corrected chi connectivity index (χ4v) is 2.79. The number of hydrogen-bond acceptors (Lipinski definition) is 4. The van der Waals surface area contributed by atoms with Gasteiger partial charge in [0.15, 0.2) is 0 Å². The van der Waals surface area contributed by atoms with E-state index in [2.05, 4.69) is 23.0 Å². The van der Waals surface area contributed by atoms with E-state index in [4.69, 9.17) is 21.1 Å². The van der Waals surface area contributed by atoms with Gasteiger partial charge >= 0.3 is 0 Å². The van der Waals surface area contributed by atoms with Gasteiger partial charge in [-0.3, -0.25) is 4.90 Å². The van der Waals surface area contributed by atoms with E-state index in [1.807, 2.05) is 24.3 Å². The smallest absolute Gasteiger partial charge is 0.0936 e. The second-order valence-corrected chi connectivity index (χ2v) is 5.79. The normalized spacial score (nSPS) is 19.3. The third-order valence-corrected chi connectivity index (χ3v) is 3.87. The van der Waals surface area contributed by atoms with Gasteiger partial charge in [-0.25, -0.2) is 4.98 Å². The molecule has 0 saturated carbocycles. The van der Waals surface area contributed by atoms with Crippen molar-refractivity contribution >= 4 is 22.5 Å². The van der Waals surface area contributed by atoms with Gasteiger partial charge in [-0.2, -0.15) is 0 Å². The Morgan fingerprint density at radius 1 is 1.29 bits per heavy atom. The molecule has 1 aliphatic rings. The first-order chi connectivity index (χ1) is 10.2. The maximum atomic E-state index is 6.21. The van der Waals surface area contributed by atoms with Crippen LogP contribution in [0, 0.1) is 0 Å². The van der Waals surface area contributed by atoms with Gasteiger partial charge in [-0.15, -0.1) is 0 Å². The van der Waals surface area contributed by atoms with Crippen LogP contribution in [0.25, 0.3) is 10.9 Å². The molecule has 1 aliphatic heterocycles. The number of likely N-dealkylation sites (N-methyl/N-ethyl adjacent to an activating group) is 1. The second-order valence-electron chi connectivity index (χ2n) is 5.38. The number of nitrogens with zero attached hydrogens (tertiary/aromatic N) is 2. The lowest BCUT2D eigenvalue weighted by Gasteiger charge is -2.27. The Morgan fingerprint density at radius 2 is 2.19 bits per heavy atom. The highest BCUT2D eigenvalue weighted by molar-refractivity contribution is 6.35. The molecule has 112 valence electrons. The molecule has 3 rings (SSSR count). The molecule has 0 amide bonds. The zero-order valence-corrected chi connectivity index (χ0v) is 12.8. The van der Waals surface area contributed by atoms with Gasteiger partial charge in [0, 0.05) is 18.5 Å². The first-order valence-electron chi connectivity index (χ1n) is 7.14. The van der Waals surface area contributed by atoms with Crippen LogP contribution in [-0.4, -0.2) is 49.4 Å². The van der Waals surface area contributed by atoms with Crippen molar-refractivity contribution in [3.05, 3.63) is 41.0 Å². The molecule has 4 nitrogen and oxygen atoms in total. The molecular formula is C16H19ClN2O2. The Morgan fingerprint density at radius 3 is 3.00 bits per heavy atom. The number of halogens is 1. The summed E-state index contributed by atoms with van der Waals surface area (Å²) in [7, 11) is 2.07. The van der Waals surface area contributed by atoms with Gasteiger partial charge in [0.05, 0.1) is 42.2 Å². The topological polar surface area (TPSA) is 34.6 Å². The lowest BCUT2D eigenvalue weighted by Crippen LogP contribution is -2.38. The highest BCUT2D eigenvalue weighted by atomic mass is 35.5. The summed E-state index contributed by atoms with van der Waals surface area (Å²) in [5, 5.41) is 1.76. The van der Waals surface area contributed by atoms with E-state index in [1.54, 1.807) is 0 Å². The SMILES string of the molecule is CN(Cc1ccc2cccc(Cl)c2n1)C[C@@H]1COCCO1. The Kier molecular flexibility index (Phi) is 4.70. The predicted octanol–water partition coefficient (Wildman–Crippen LogP) is 2.74. The number of para-hydroxylation sites is 1. The van der Waals surface area contributed by atoms with Gasteiger partial charge in [0.1, 0.15) is 0 Å². The Balaban J connectivity index is 1.67. The van der Waals surface area contributed by atoms with Crippen LogP contribution in [0.3, 0.4) is 0 Å². The first-order valence-corrected chi connectivity index (χ1v) is 7.52. The van der Waals surface area contributed by atoms with E-state index in [1.165, 1.54) is 0 Å². The van der Waals surface area contributed by atoms with Gasteiger partial charge < -0.3 is 9.47 Å². The molecule has 0 radical (unpaired) electrons. The minimum atomic E-state index is 0.146. The number of ether oxygens (including phenoxy) is 2. The average molecular weight is 307 g/mol. The van der Waals surface area contributed by atoms with Crippen LogP contribution in [0.4, 0.5) is 0 Å². The molecule has 0 N–H and O–H groups in total. The average Bonchev–Trinajstić information content (AvgIpc) is 2.49. The zero-order chi connectivity index (χ0) is 14.7. The number of benzene rings is 1. The van der Waals surface area contributed by atoms with Crippen molar-refractivity contribution in [2.45, 2.75) is 12.6 Å². The minimum absolute atomic E-state index is 0.146. The van der Waals surface area contributed by atoms with Crippen molar-refractivity contribution in [2.75, 3.05) is 33.4 Å². The van der Waals surface area contributed by atoms with E-state index in [9.17, 15) is 0 Å². The highest BCUT2D eigenvalue weighted by Gasteiger charge is 2.16. The lowest BCUT2D eigenvalue weighted by molar-refractivity contribution is -0.0963. The maximum absolute atomic E-state index is 6.21. The largest absolute Gasteiger partial charge is 0.376 e. The first kappa shape index (κ1) is 14.7. The third-order valence-electron chi connectivity index (χ3n) is 3.56. The second kappa shape index (κ2) is 6.71. The molecule has 5 heteroatoms. The monoisotopic (exact) mass is 306 g/mol. The van der Waals surface area contributed by atoms with Crippen molar-refractivity contribution in [1.82, 2.24) is 9.88 Å². The van der Waals surface area contributed by atoms with Crippen molar-refractivity contribution < 1.29 is 9.47 Å². The van der Waals surface area contributed by atoms with Crippen LogP contribution in [0.1, 0.15) is 5.69 Å². The molecule has 1 aromatic heterocycles. The summed E-state index contributed by atoms with van der Waals surface area (Å²) in [5.74, 6) is 0. The number of fused-ring (bicyclic) bond motifs is 1. The summed E-state index contributed by atoms with van der Waals surface area (Å²) in [6, 6.07) is 9.95. The van der Waals surface area contributed by atoms with Crippen molar-refractivity contribution in [3.63, 3.8) is 0 Å². The number of aromatic nitrogens is 1. The molecule has 1 fully saturated rings. The van der Waals surface area contributed by atoms with Crippen molar-refractivity contribution in [3.8, 4) is 0 Å². The molecule has 1 atom stereocenters. The summed E-state index contributed by atoms with van der Waals surface area (Å²) < 4.78 is 11.1. The van der Waals surface area contributed by atoms with Crippen molar-refractivity contribution in [1.29, 1.82) is 0 Å². The molecule has 21 heavy (non-hydrogen) atoms. The summed E-state index contributed by atoms with van der Waals surface area (Å²) in [4.78, 5) is 6.86. The molecule has 1 saturated heterocycles. The van der Waals surface area contributed by atoms with E-state index in [0.29, 0.717) is 24.8 Å².